The van der Waals surface area contributed by atoms with E-state index in [2.05, 4.69) is 10.2 Å². The second-order valence-corrected chi connectivity index (χ2v) is 10.5. The first-order valence-electron chi connectivity index (χ1n) is 8.79. The summed E-state index contributed by atoms with van der Waals surface area (Å²) in [7, 11) is 0.541. The molecule has 0 N–H and O–H groups in total. The van der Waals surface area contributed by atoms with E-state index >= 15 is 0 Å². The van der Waals surface area contributed by atoms with Crippen LogP contribution in [0, 0.1) is 6.92 Å². The number of sulfone groups is 1. The topological polar surface area (TPSA) is 85.2 Å². The first kappa shape index (κ1) is 19.9. The lowest BCUT2D eigenvalue weighted by molar-refractivity contribution is -0.130. The lowest BCUT2D eigenvalue weighted by Gasteiger charge is -2.26. The summed E-state index contributed by atoms with van der Waals surface area (Å²) >= 11 is 1.34. The van der Waals surface area contributed by atoms with Crippen molar-refractivity contribution in [2.75, 3.05) is 18.6 Å². The van der Waals surface area contributed by atoms with E-state index in [0.29, 0.717) is 11.6 Å². The van der Waals surface area contributed by atoms with Crippen LogP contribution >= 0.6 is 11.8 Å². The molecule has 1 aliphatic rings. The van der Waals surface area contributed by atoms with Crippen molar-refractivity contribution in [3.8, 4) is 11.4 Å². The Labute approximate surface area is 164 Å². The summed E-state index contributed by atoms with van der Waals surface area (Å²) in [6, 6.07) is 7.71. The minimum Gasteiger partial charge on any atom is -0.341 e. The third-order valence-electron chi connectivity index (χ3n) is 4.95. The minimum atomic E-state index is -3.02. The highest BCUT2D eigenvalue weighted by Gasteiger charge is 2.34. The number of benzene rings is 1. The van der Waals surface area contributed by atoms with E-state index in [1.807, 2.05) is 49.7 Å². The second-order valence-electron chi connectivity index (χ2n) is 6.95. The van der Waals surface area contributed by atoms with E-state index in [9.17, 15) is 13.2 Å². The van der Waals surface area contributed by atoms with Crippen LogP contribution in [0.5, 0.6) is 0 Å². The Kier molecular flexibility index (Phi) is 5.62. The van der Waals surface area contributed by atoms with Crippen molar-refractivity contribution in [1.29, 1.82) is 0 Å². The van der Waals surface area contributed by atoms with Crippen LogP contribution in [0.2, 0.25) is 0 Å². The van der Waals surface area contributed by atoms with Crippen LogP contribution in [0.4, 0.5) is 0 Å². The van der Waals surface area contributed by atoms with Gasteiger partial charge in [-0.1, -0.05) is 36.0 Å². The number of aromatic nitrogens is 3. The van der Waals surface area contributed by atoms with E-state index in [0.717, 1.165) is 17.0 Å². The predicted molar refractivity (Wildman–Crippen MR) is 106 cm³/mol. The van der Waals surface area contributed by atoms with Gasteiger partial charge in [0.05, 0.1) is 16.8 Å². The van der Waals surface area contributed by atoms with Crippen LogP contribution < -0.4 is 0 Å². The van der Waals surface area contributed by atoms with Gasteiger partial charge >= 0.3 is 0 Å². The number of amides is 1. The summed E-state index contributed by atoms with van der Waals surface area (Å²) in [6.45, 7) is 3.84. The highest BCUT2D eigenvalue weighted by atomic mass is 32.2. The van der Waals surface area contributed by atoms with E-state index in [4.69, 9.17) is 0 Å². The monoisotopic (exact) mass is 408 g/mol. The van der Waals surface area contributed by atoms with Crippen LogP contribution in [-0.2, 0) is 21.7 Å². The molecular formula is C18H24N4O3S2. The number of aryl methyl sites for hydroxylation is 1. The summed E-state index contributed by atoms with van der Waals surface area (Å²) in [5.41, 5.74) is 2.11. The highest BCUT2D eigenvalue weighted by molar-refractivity contribution is 8.00. The molecule has 1 aromatic heterocycles. The van der Waals surface area contributed by atoms with Gasteiger partial charge in [-0.15, -0.1) is 10.2 Å². The van der Waals surface area contributed by atoms with Gasteiger partial charge in [-0.05, 0) is 25.8 Å². The molecule has 27 heavy (non-hydrogen) atoms. The maximum Gasteiger partial charge on any atom is 0.235 e. The fraction of sp³-hybridized carbons (Fsp3) is 0.500. The molecule has 0 bridgehead atoms. The van der Waals surface area contributed by atoms with E-state index in [1.54, 1.807) is 11.9 Å². The Morgan fingerprint density at radius 2 is 2.04 bits per heavy atom. The molecule has 7 nitrogen and oxygen atoms in total. The average Bonchev–Trinajstić information content (AvgIpc) is 3.17. The molecule has 1 aliphatic heterocycles. The fourth-order valence-electron chi connectivity index (χ4n) is 3.23. The zero-order valence-corrected chi connectivity index (χ0v) is 17.5. The number of rotatable bonds is 5. The molecular weight excluding hydrogens is 384 g/mol. The highest BCUT2D eigenvalue weighted by Crippen LogP contribution is 2.28. The second kappa shape index (κ2) is 7.63. The van der Waals surface area contributed by atoms with Crippen LogP contribution in [0.25, 0.3) is 11.4 Å². The predicted octanol–water partition coefficient (Wildman–Crippen LogP) is 1.92. The van der Waals surface area contributed by atoms with Gasteiger partial charge in [0, 0.05) is 25.7 Å². The van der Waals surface area contributed by atoms with Crippen molar-refractivity contribution in [1.82, 2.24) is 19.7 Å². The summed E-state index contributed by atoms with van der Waals surface area (Å²) in [6.07, 6.45) is 0.503. The quantitative estimate of drug-likeness (QED) is 0.703. The van der Waals surface area contributed by atoms with Gasteiger partial charge < -0.3 is 9.47 Å². The zero-order valence-electron chi connectivity index (χ0n) is 15.9. The summed E-state index contributed by atoms with van der Waals surface area (Å²) in [5, 5.41) is 8.80. The molecule has 0 aliphatic carbocycles. The molecule has 0 radical (unpaired) electrons. The van der Waals surface area contributed by atoms with Gasteiger partial charge in [-0.3, -0.25) is 4.79 Å². The van der Waals surface area contributed by atoms with Gasteiger partial charge in [-0.2, -0.15) is 0 Å². The molecule has 2 aromatic rings. The Morgan fingerprint density at radius 3 is 2.67 bits per heavy atom. The molecule has 1 amide bonds. The molecule has 3 rings (SSSR count). The maximum absolute atomic E-state index is 12.7. The van der Waals surface area contributed by atoms with E-state index in [1.165, 1.54) is 11.8 Å². The molecule has 0 saturated carbocycles. The third-order valence-corrected chi connectivity index (χ3v) is 7.83. The van der Waals surface area contributed by atoms with Crippen molar-refractivity contribution < 1.29 is 13.2 Å². The van der Waals surface area contributed by atoms with Crippen molar-refractivity contribution in [3.05, 3.63) is 29.8 Å². The van der Waals surface area contributed by atoms with Gasteiger partial charge in [0.25, 0.3) is 0 Å². The van der Waals surface area contributed by atoms with Crippen LogP contribution in [0.1, 0.15) is 18.9 Å². The average molecular weight is 409 g/mol. The number of thioether (sulfide) groups is 1. The number of hydrogen-bond donors (Lipinski definition) is 0. The fourth-order valence-corrected chi connectivity index (χ4v) is 5.92. The van der Waals surface area contributed by atoms with Crippen LogP contribution in [-0.4, -0.2) is 63.8 Å². The van der Waals surface area contributed by atoms with Crippen molar-refractivity contribution in [3.63, 3.8) is 0 Å². The molecule has 2 heterocycles. The Morgan fingerprint density at radius 1 is 1.33 bits per heavy atom. The lowest BCUT2D eigenvalue weighted by Crippen LogP contribution is -2.41. The molecule has 9 heteroatoms. The lowest BCUT2D eigenvalue weighted by atomic mass is 10.1. The first-order valence-corrected chi connectivity index (χ1v) is 11.5. The Hall–Kier alpha value is -1.87. The molecule has 1 saturated heterocycles. The van der Waals surface area contributed by atoms with Gasteiger partial charge in [-0.25, -0.2) is 8.42 Å². The molecule has 1 fully saturated rings. The van der Waals surface area contributed by atoms with Crippen molar-refractivity contribution >= 4 is 27.5 Å². The number of nitrogens with zero attached hydrogens (tertiary/aromatic N) is 4. The summed E-state index contributed by atoms with van der Waals surface area (Å²) in [4.78, 5) is 14.3. The smallest absolute Gasteiger partial charge is 0.235 e. The normalized spacial score (nSPS) is 19.8. The van der Waals surface area contributed by atoms with Crippen LogP contribution in [0.15, 0.2) is 29.4 Å². The summed E-state index contributed by atoms with van der Waals surface area (Å²) < 4.78 is 25.2. The van der Waals surface area contributed by atoms with Gasteiger partial charge in [0.15, 0.2) is 20.8 Å². The van der Waals surface area contributed by atoms with E-state index in [-0.39, 0.29) is 28.7 Å². The largest absolute Gasteiger partial charge is 0.341 e. The minimum absolute atomic E-state index is 0.0496. The SMILES string of the molecule is Cc1ccccc1-c1nnc(S[C@@H](C)C(=O)N(C)[C@H]2CCS(=O)(=O)C2)n1C. The third kappa shape index (κ3) is 4.19. The van der Waals surface area contributed by atoms with Crippen molar-refractivity contribution in [2.45, 2.75) is 36.7 Å². The molecule has 146 valence electrons. The number of hydrogen-bond acceptors (Lipinski definition) is 6. The maximum atomic E-state index is 12.7. The zero-order chi connectivity index (χ0) is 19.8. The summed E-state index contributed by atoms with van der Waals surface area (Å²) in [5.74, 6) is 0.862. The van der Waals surface area contributed by atoms with E-state index < -0.39 is 9.84 Å². The standard InChI is InChI=1S/C18H24N4O3S2/c1-12-7-5-6-8-15(12)16-19-20-18(22(16)4)26-13(2)17(23)21(3)14-9-10-27(24,25)11-14/h5-8,13-14H,9-11H2,1-4H3/t13-,14-/m0/s1. The van der Waals surface area contributed by atoms with Gasteiger partial charge in [0.1, 0.15) is 0 Å². The molecule has 0 unspecified atom stereocenters. The molecule has 0 spiro atoms. The first-order chi connectivity index (χ1) is 12.7. The number of carbonyl (C=O) groups excluding carboxylic acids is 1. The number of carbonyl (C=O) groups is 1. The molecule has 2 atom stereocenters. The Bertz CT molecular complexity index is 955. The van der Waals surface area contributed by atoms with Crippen molar-refractivity contribution in [2.24, 2.45) is 7.05 Å². The Balaban J connectivity index is 1.72. The molecule has 1 aromatic carbocycles. The van der Waals surface area contributed by atoms with Gasteiger partial charge in [0.2, 0.25) is 5.91 Å². The van der Waals surface area contributed by atoms with Crippen LogP contribution in [0.3, 0.4) is 0 Å².